The quantitative estimate of drug-likeness (QED) is 0.487. The molecule has 0 saturated carbocycles. The van der Waals surface area contributed by atoms with Gasteiger partial charge in [-0.05, 0) is 61.5 Å². The SMILES string of the molecule is COC(=O)c1cccc(NC(=O)c2ccc(Nc3ccc(C(C)=O)cc3)nc2)c1. The van der Waals surface area contributed by atoms with E-state index in [1.807, 2.05) is 0 Å². The lowest BCUT2D eigenvalue weighted by atomic mass is 10.1. The van der Waals surface area contributed by atoms with E-state index in [1.165, 1.54) is 26.3 Å². The van der Waals surface area contributed by atoms with Crippen LogP contribution in [0.2, 0.25) is 0 Å². The summed E-state index contributed by atoms with van der Waals surface area (Å²) in [6.07, 6.45) is 1.45. The molecule has 1 amide bonds. The first kappa shape index (κ1) is 19.8. The lowest BCUT2D eigenvalue weighted by molar-refractivity contribution is 0.0600. The molecule has 0 atom stereocenters. The van der Waals surface area contributed by atoms with Crippen molar-refractivity contribution in [2.45, 2.75) is 6.92 Å². The zero-order chi connectivity index (χ0) is 20.8. The van der Waals surface area contributed by atoms with Gasteiger partial charge in [-0.2, -0.15) is 0 Å². The standard InChI is InChI=1S/C22H19N3O4/c1-14(26)15-6-9-18(10-7-15)24-20-11-8-17(13-23-20)21(27)25-19-5-3-4-16(12-19)22(28)29-2/h3-13H,1-2H3,(H,23,24)(H,25,27). The van der Waals surface area contributed by atoms with Crippen LogP contribution < -0.4 is 10.6 Å². The number of benzene rings is 2. The topological polar surface area (TPSA) is 97.4 Å². The Morgan fingerprint density at radius 2 is 1.59 bits per heavy atom. The summed E-state index contributed by atoms with van der Waals surface area (Å²) in [4.78, 5) is 39.6. The molecule has 0 aliphatic carbocycles. The molecule has 0 saturated heterocycles. The van der Waals surface area contributed by atoms with Gasteiger partial charge in [0.15, 0.2) is 5.78 Å². The summed E-state index contributed by atoms with van der Waals surface area (Å²) in [5.41, 5.74) is 2.60. The van der Waals surface area contributed by atoms with Crippen LogP contribution in [0.3, 0.4) is 0 Å². The average molecular weight is 389 g/mol. The summed E-state index contributed by atoms with van der Waals surface area (Å²) in [6.45, 7) is 1.51. The second-order valence-electron chi connectivity index (χ2n) is 6.22. The Morgan fingerprint density at radius 1 is 0.862 bits per heavy atom. The second kappa shape index (κ2) is 8.79. The van der Waals surface area contributed by atoms with E-state index in [0.717, 1.165) is 5.69 Å². The van der Waals surface area contributed by atoms with Crippen LogP contribution in [0, 0.1) is 0 Å². The number of pyridine rings is 1. The molecule has 1 heterocycles. The Morgan fingerprint density at radius 3 is 2.21 bits per heavy atom. The van der Waals surface area contributed by atoms with E-state index in [2.05, 4.69) is 20.4 Å². The van der Waals surface area contributed by atoms with Gasteiger partial charge < -0.3 is 15.4 Å². The van der Waals surface area contributed by atoms with Crippen molar-refractivity contribution in [3.63, 3.8) is 0 Å². The maximum Gasteiger partial charge on any atom is 0.337 e. The lowest BCUT2D eigenvalue weighted by Crippen LogP contribution is -2.13. The highest BCUT2D eigenvalue weighted by Crippen LogP contribution is 2.17. The molecule has 0 bridgehead atoms. The van der Waals surface area contributed by atoms with Crippen LogP contribution >= 0.6 is 0 Å². The van der Waals surface area contributed by atoms with E-state index in [9.17, 15) is 14.4 Å². The van der Waals surface area contributed by atoms with Crippen molar-refractivity contribution in [2.75, 3.05) is 17.7 Å². The number of aromatic nitrogens is 1. The first-order valence-electron chi connectivity index (χ1n) is 8.80. The number of methoxy groups -OCH3 is 1. The van der Waals surface area contributed by atoms with Crippen LogP contribution in [0.4, 0.5) is 17.2 Å². The fourth-order valence-electron chi connectivity index (χ4n) is 2.58. The van der Waals surface area contributed by atoms with Crippen LogP contribution in [0.1, 0.15) is 38.0 Å². The van der Waals surface area contributed by atoms with Gasteiger partial charge in [-0.25, -0.2) is 9.78 Å². The molecular formula is C22H19N3O4. The molecule has 0 spiro atoms. The molecule has 0 aliphatic heterocycles. The summed E-state index contributed by atoms with van der Waals surface area (Å²) in [6, 6.07) is 16.8. The third kappa shape index (κ3) is 5.04. The van der Waals surface area contributed by atoms with Gasteiger partial charge in [0.05, 0.1) is 18.2 Å². The van der Waals surface area contributed by atoms with E-state index in [4.69, 9.17) is 0 Å². The average Bonchev–Trinajstić information content (AvgIpc) is 2.74. The minimum atomic E-state index is -0.477. The molecule has 7 nitrogen and oxygen atoms in total. The smallest absolute Gasteiger partial charge is 0.337 e. The number of hydrogen-bond donors (Lipinski definition) is 2. The largest absolute Gasteiger partial charge is 0.465 e. The number of carbonyl (C=O) groups is 3. The monoisotopic (exact) mass is 389 g/mol. The van der Waals surface area contributed by atoms with Gasteiger partial charge in [0.25, 0.3) is 5.91 Å². The minimum Gasteiger partial charge on any atom is -0.465 e. The number of anilines is 3. The number of ketones is 1. The molecule has 2 N–H and O–H groups in total. The van der Waals surface area contributed by atoms with E-state index < -0.39 is 5.97 Å². The Labute approximate surface area is 167 Å². The number of rotatable bonds is 6. The van der Waals surface area contributed by atoms with Gasteiger partial charge in [0, 0.05) is 23.1 Å². The molecule has 0 unspecified atom stereocenters. The summed E-state index contributed by atoms with van der Waals surface area (Å²) in [7, 11) is 1.30. The second-order valence-corrected chi connectivity index (χ2v) is 6.22. The van der Waals surface area contributed by atoms with Gasteiger partial charge >= 0.3 is 5.97 Å². The molecule has 2 aromatic carbocycles. The van der Waals surface area contributed by atoms with Gasteiger partial charge in [0.1, 0.15) is 5.82 Å². The number of hydrogen-bond acceptors (Lipinski definition) is 6. The van der Waals surface area contributed by atoms with Gasteiger partial charge in [-0.15, -0.1) is 0 Å². The maximum atomic E-state index is 12.4. The van der Waals surface area contributed by atoms with Gasteiger partial charge in [-0.1, -0.05) is 6.07 Å². The van der Waals surface area contributed by atoms with E-state index >= 15 is 0 Å². The van der Waals surface area contributed by atoms with Crippen molar-refractivity contribution in [2.24, 2.45) is 0 Å². The molecule has 3 aromatic rings. The minimum absolute atomic E-state index is 0.00200. The Balaban J connectivity index is 1.66. The van der Waals surface area contributed by atoms with E-state index in [0.29, 0.717) is 28.2 Å². The highest BCUT2D eigenvalue weighted by Gasteiger charge is 2.10. The number of esters is 1. The van der Waals surface area contributed by atoms with Crippen LogP contribution in [0.15, 0.2) is 66.9 Å². The van der Waals surface area contributed by atoms with Crippen LogP contribution in [0.25, 0.3) is 0 Å². The number of carbonyl (C=O) groups excluding carboxylic acids is 3. The van der Waals surface area contributed by atoms with Crippen molar-refractivity contribution in [1.29, 1.82) is 0 Å². The van der Waals surface area contributed by atoms with Crippen molar-refractivity contribution in [3.8, 4) is 0 Å². The normalized spacial score (nSPS) is 10.1. The Kier molecular flexibility index (Phi) is 5.99. The third-order valence-electron chi connectivity index (χ3n) is 4.13. The van der Waals surface area contributed by atoms with Crippen molar-refractivity contribution in [3.05, 3.63) is 83.6 Å². The zero-order valence-corrected chi connectivity index (χ0v) is 15.9. The Hall–Kier alpha value is -4.00. The fraction of sp³-hybridized carbons (Fsp3) is 0.0909. The van der Waals surface area contributed by atoms with Crippen LogP contribution in [0.5, 0.6) is 0 Å². The molecule has 7 heteroatoms. The molecule has 146 valence electrons. The molecule has 29 heavy (non-hydrogen) atoms. The summed E-state index contributed by atoms with van der Waals surface area (Å²) in [5.74, 6) is -0.265. The summed E-state index contributed by atoms with van der Waals surface area (Å²) >= 11 is 0. The highest BCUT2D eigenvalue weighted by atomic mass is 16.5. The fourth-order valence-corrected chi connectivity index (χ4v) is 2.58. The van der Waals surface area contributed by atoms with Gasteiger partial charge in [-0.3, -0.25) is 9.59 Å². The number of nitrogens with zero attached hydrogens (tertiary/aromatic N) is 1. The van der Waals surface area contributed by atoms with Crippen LogP contribution in [-0.4, -0.2) is 29.8 Å². The van der Waals surface area contributed by atoms with Crippen molar-refractivity contribution >= 4 is 34.9 Å². The van der Waals surface area contributed by atoms with E-state index in [-0.39, 0.29) is 11.7 Å². The predicted octanol–water partition coefficient (Wildman–Crippen LogP) is 4.07. The number of ether oxygens (including phenoxy) is 1. The molecule has 0 radical (unpaired) electrons. The molecule has 0 fully saturated rings. The first-order chi connectivity index (χ1) is 14.0. The summed E-state index contributed by atoms with van der Waals surface area (Å²) < 4.78 is 4.68. The maximum absolute atomic E-state index is 12.4. The molecule has 3 rings (SSSR count). The first-order valence-corrected chi connectivity index (χ1v) is 8.80. The third-order valence-corrected chi connectivity index (χ3v) is 4.13. The highest BCUT2D eigenvalue weighted by molar-refractivity contribution is 6.04. The summed E-state index contributed by atoms with van der Waals surface area (Å²) in [5, 5.41) is 5.83. The molecule has 0 aliphatic rings. The number of nitrogens with one attached hydrogen (secondary N) is 2. The molecular weight excluding hydrogens is 370 g/mol. The van der Waals surface area contributed by atoms with E-state index in [1.54, 1.807) is 54.6 Å². The van der Waals surface area contributed by atoms with Crippen molar-refractivity contribution < 1.29 is 19.1 Å². The van der Waals surface area contributed by atoms with Crippen molar-refractivity contribution in [1.82, 2.24) is 4.98 Å². The number of amides is 1. The zero-order valence-electron chi connectivity index (χ0n) is 15.9. The lowest BCUT2D eigenvalue weighted by Gasteiger charge is -2.09. The van der Waals surface area contributed by atoms with Crippen LogP contribution in [-0.2, 0) is 4.74 Å². The predicted molar refractivity (Wildman–Crippen MR) is 110 cm³/mol. The molecule has 1 aromatic heterocycles. The Bertz CT molecular complexity index is 1040. The van der Waals surface area contributed by atoms with Gasteiger partial charge in [0.2, 0.25) is 0 Å². The number of Topliss-reactive ketones (excluding diaryl/α,β-unsaturated/α-hetero) is 1.